The lowest BCUT2D eigenvalue weighted by Crippen LogP contribution is -2.44. The van der Waals surface area contributed by atoms with Gasteiger partial charge in [0.25, 0.3) is 11.5 Å². The number of piperidine rings is 1. The van der Waals surface area contributed by atoms with Crippen molar-refractivity contribution in [1.29, 1.82) is 0 Å². The first-order valence-electron chi connectivity index (χ1n) is 10.1. The number of carbonyl (C=O) groups excluding carboxylic acids is 1. The summed E-state index contributed by atoms with van der Waals surface area (Å²) in [6, 6.07) is 7.95. The Morgan fingerprint density at radius 3 is 2.62 bits per heavy atom. The highest BCUT2D eigenvalue weighted by Crippen LogP contribution is 2.30. The molecule has 0 radical (unpaired) electrons. The number of nitrogens with one attached hydrogen (secondary N) is 2. The minimum absolute atomic E-state index is 0.166. The van der Waals surface area contributed by atoms with E-state index in [4.69, 9.17) is 11.6 Å². The molecular formula is C21H26ClN5O2. The van der Waals surface area contributed by atoms with Crippen molar-refractivity contribution in [2.45, 2.75) is 31.2 Å². The first-order valence-corrected chi connectivity index (χ1v) is 10.5. The van der Waals surface area contributed by atoms with E-state index in [1.165, 1.54) is 0 Å². The Kier molecular flexibility index (Phi) is 5.87. The van der Waals surface area contributed by atoms with Gasteiger partial charge in [-0.1, -0.05) is 11.6 Å². The van der Waals surface area contributed by atoms with Crippen molar-refractivity contribution in [2.75, 3.05) is 38.1 Å². The number of amides is 1. The molecule has 2 aromatic rings. The molecule has 0 aromatic carbocycles. The van der Waals surface area contributed by atoms with Gasteiger partial charge in [0.2, 0.25) is 0 Å². The predicted octanol–water partition coefficient (Wildman–Crippen LogP) is 2.24. The van der Waals surface area contributed by atoms with Gasteiger partial charge in [0.1, 0.15) is 10.7 Å². The van der Waals surface area contributed by atoms with Crippen LogP contribution in [0.4, 0.5) is 5.69 Å². The Hall–Kier alpha value is -2.38. The van der Waals surface area contributed by atoms with Crippen molar-refractivity contribution in [3.05, 3.63) is 57.2 Å². The molecule has 4 rings (SSSR count). The van der Waals surface area contributed by atoms with Crippen LogP contribution < -0.4 is 15.8 Å². The van der Waals surface area contributed by atoms with Crippen molar-refractivity contribution in [3.63, 3.8) is 0 Å². The molecule has 2 saturated heterocycles. The third-order valence-corrected chi connectivity index (χ3v) is 6.39. The number of carbonyl (C=O) groups is 1. The lowest BCUT2D eigenvalue weighted by molar-refractivity contribution is 0.0958. The number of aromatic amines is 1. The Morgan fingerprint density at radius 1 is 1.17 bits per heavy atom. The molecular weight excluding hydrogens is 390 g/mol. The summed E-state index contributed by atoms with van der Waals surface area (Å²) in [6.07, 6.45) is 5.04. The molecule has 7 nitrogen and oxygen atoms in total. The van der Waals surface area contributed by atoms with Crippen LogP contribution in [0.3, 0.4) is 0 Å². The molecule has 0 spiro atoms. The van der Waals surface area contributed by atoms with Crippen LogP contribution in [0.1, 0.15) is 41.4 Å². The highest BCUT2D eigenvalue weighted by atomic mass is 35.5. The topological polar surface area (TPSA) is 81.3 Å². The first kappa shape index (κ1) is 19.9. The van der Waals surface area contributed by atoms with Crippen molar-refractivity contribution in [1.82, 2.24) is 20.2 Å². The van der Waals surface area contributed by atoms with Crippen LogP contribution in [0.5, 0.6) is 0 Å². The molecule has 2 aliphatic rings. The van der Waals surface area contributed by atoms with E-state index in [0.29, 0.717) is 17.7 Å². The molecule has 1 atom stereocenters. The molecule has 154 valence electrons. The molecule has 2 aromatic heterocycles. The van der Waals surface area contributed by atoms with Crippen LogP contribution in [0.2, 0.25) is 5.02 Å². The molecule has 4 heterocycles. The lowest BCUT2D eigenvalue weighted by atomic mass is 10.0. The van der Waals surface area contributed by atoms with Gasteiger partial charge in [-0.25, -0.2) is 4.98 Å². The molecule has 8 heteroatoms. The summed E-state index contributed by atoms with van der Waals surface area (Å²) >= 11 is 5.85. The highest BCUT2D eigenvalue weighted by molar-refractivity contribution is 6.30. The van der Waals surface area contributed by atoms with E-state index in [2.05, 4.69) is 25.1 Å². The molecule has 2 fully saturated rings. The Balaban J connectivity index is 1.32. The van der Waals surface area contributed by atoms with Gasteiger partial charge in [0.15, 0.2) is 0 Å². The molecule has 0 saturated carbocycles. The number of halogens is 1. The number of nitrogens with zero attached hydrogens (tertiary/aromatic N) is 3. The molecule has 0 bridgehead atoms. The monoisotopic (exact) mass is 415 g/mol. The maximum Gasteiger partial charge on any atom is 0.269 e. The van der Waals surface area contributed by atoms with Gasteiger partial charge in [0.05, 0.1) is 11.9 Å². The van der Waals surface area contributed by atoms with Crippen LogP contribution in [0.15, 0.2) is 35.3 Å². The second kappa shape index (κ2) is 8.55. The highest BCUT2D eigenvalue weighted by Gasteiger charge is 2.32. The second-order valence-electron chi connectivity index (χ2n) is 7.77. The van der Waals surface area contributed by atoms with Crippen LogP contribution in [0, 0.1) is 0 Å². The number of aromatic nitrogens is 2. The molecule has 0 aliphatic carbocycles. The summed E-state index contributed by atoms with van der Waals surface area (Å²) in [5.74, 6) is 0.195. The van der Waals surface area contributed by atoms with E-state index < -0.39 is 0 Å². The average Bonchev–Trinajstić information content (AvgIpc) is 3.25. The zero-order chi connectivity index (χ0) is 20.4. The van der Waals surface area contributed by atoms with Crippen molar-refractivity contribution in [2.24, 2.45) is 0 Å². The Morgan fingerprint density at radius 2 is 1.97 bits per heavy atom. The summed E-state index contributed by atoms with van der Waals surface area (Å²) in [5, 5.41) is 2.84. The van der Waals surface area contributed by atoms with Crippen molar-refractivity contribution in [3.8, 4) is 0 Å². The number of rotatable bonds is 4. The van der Waals surface area contributed by atoms with Gasteiger partial charge < -0.3 is 15.2 Å². The maximum atomic E-state index is 11.8. The van der Waals surface area contributed by atoms with Crippen LogP contribution in [-0.2, 0) is 0 Å². The van der Waals surface area contributed by atoms with E-state index in [1.807, 2.05) is 12.1 Å². The van der Waals surface area contributed by atoms with Gasteiger partial charge in [-0.2, -0.15) is 0 Å². The van der Waals surface area contributed by atoms with E-state index in [0.717, 1.165) is 56.8 Å². The van der Waals surface area contributed by atoms with Crippen molar-refractivity contribution >= 4 is 23.2 Å². The summed E-state index contributed by atoms with van der Waals surface area (Å²) in [4.78, 5) is 35.5. The van der Waals surface area contributed by atoms with Gasteiger partial charge in [-0.3, -0.25) is 14.5 Å². The summed E-state index contributed by atoms with van der Waals surface area (Å²) in [5.41, 5.74) is 2.29. The van der Waals surface area contributed by atoms with Crippen LogP contribution in [0.25, 0.3) is 0 Å². The SMILES string of the molecule is CNC(=O)c1ccc(N2CCC(N3CCC(c4ccc(Cl)c(=O)[nH]4)C3)CC2)cn1. The summed E-state index contributed by atoms with van der Waals surface area (Å²) < 4.78 is 0. The third kappa shape index (κ3) is 4.31. The largest absolute Gasteiger partial charge is 0.370 e. The zero-order valence-corrected chi connectivity index (χ0v) is 17.3. The van der Waals surface area contributed by atoms with E-state index in [-0.39, 0.29) is 16.5 Å². The predicted molar refractivity (Wildman–Crippen MR) is 114 cm³/mol. The fourth-order valence-corrected chi connectivity index (χ4v) is 4.52. The molecule has 1 unspecified atom stereocenters. The van der Waals surface area contributed by atoms with E-state index in [1.54, 1.807) is 25.4 Å². The van der Waals surface area contributed by atoms with E-state index >= 15 is 0 Å². The van der Waals surface area contributed by atoms with Crippen LogP contribution in [-0.4, -0.2) is 60.0 Å². The molecule has 29 heavy (non-hydrogen) atoms. The van der Waals surface area contributed by atoms with Gasteiger partial charge in [-0.05, 0) is 50.1 Å². The Labute approximate surface area is 175 Å². The van der Waals surface area contributed by atoms with Gasteiger partial charge >= 0.3 is 0 Å². The average molecular weight is 416 g/mol. The van der Waals surface area contributed by atoms with Crippen LogP contribution >= 0.6 is 11.6 Å². The standard InChI is InChI=1S/C21H26ClN5O2/c1-23-21(29)19-4-2-16(12-24-19)26-10-7-15(8-11-26)27-9-6-14(13-27)18-5-3-17(22)20(28)25-18/h2-5,12,14-15H,6-11,13H2,1H3,(H,23,29)(H,25,28). The summed E-state index contributed by atoms with van der Waals surface area (Å²) in [6.45, 7) is 3.99. The Bertz CT molecular complexity index is 921. The quantitative estimate of drug-likeness (QED) is 0.800. The fourth-order valence-electron chi connectivity index (χ4n) is 4.41. The normalized spacial score (nSPS) is 20.8. The zero-order valence-electron chi connectivity index (χ0n) is 16.5. The molecule has 2 N–H and O–H groups in total. The minimum Gasteiger partial charge on any atom is -0.370 e. The molecule has 2 aliphatic heterocycles. The number of hydrogen-bond acceptors (Lipinski definition) is 5. The third-order valence-electron chi connectivity index (χ3n) is 6.10. The minimum atomic E-state index is -0.202. The lowest BCUT2D eigenvalue weighted by Gasteiger charge is -2.37. The molecule has 1 amide bonds. The summed E-state index contributed by atoms with van der Waals surface area (Å²) in [7, 11) is 1.61. The smallest absolute Gasteiger partial charge is 0.269 e. The van der Waals surface area contributed by atoms with E-state index in [9.17, 15) is 9.59 Å². The van der Waals surface area contributed by atoms with Crippen molar-refractivity contribution < 1.29 is 4.79 Å². The van der Waals surface area contributed by atoms with Gasteiger partial charge in [-0.15, -0.1) is 0 Å². The number of pyridine rings is 2. The number of hydrogen-bond donors (Lipinski definition) is 2. The first-order chi connectivity index (χ1) is 14.0. The number of likely N-dealkylation sites (tertiary alicyclic amines) is 1. The maximum absolute atomic E-state index is 11.8. The fraction of sp³-hybridized carbons (Fsp3) is 0.476. The second-order valence-corrected chi connectivity index (χ2v) is 8.18. The van der Waals surface area contributed by atoms with Gasteiger partial charge in [0, 0.05) is 44.3 Å². The number of H-pyrrole nitrogens is 1. The number of anilines is 1.